The van der Waals surface area contributed by atoms with Crippen LogP contribution >= 0.6 is 11.3 Å². The molecule has 1 aromatic rings. The number of aromatic nitrogens is 1. The summed E-state index contributed by atoms with van der Waals surface area (Å²) in [6.45, 7) is 9.06. The van der Waals surface area contributed by atoms with Crippen molar-refractivity contribution in [2.75, 3.05) is 52.5 Å². The zero-order valence-electron chi connectivity index (χ0n) is 13.8. The molecule has 0 saturated carbocycles. The first-order valence-electron chi connectivity index (χ1n) is 8.86. The molecule has 0 amide bonds. The molecule has 6 heteroatoms. The highest BCUT2D eigenvalue weighted by Gasteiger charge is 2.43. The Morgan fingerprint density at radius 3 is 3.00 bits per heavy atom. The minimum Gasteiger partial charge on any atom is -0.377 e. The maximum absolute atomic E-state index is 6.32. The average molecular weight is 337 g/mol. The highest BCUT2D eigenvalue weighted by atomic mass is 32.1. The SMILES string of the molecule is c1csc(CN2CCOCC3(CC(CN4CCCC4)CO3)C2)n1. The first-order chi connectivity index (χ1) is 11.3. The van der Waals surface area contributed by atoms with Crippen molar-refractivity contribution in [3.05, 3.63) is 16.6 Å². The van der Waals surface area contributed by atoms with Crippen LogP contribution in [0.3, 0.4) is 0 Å². The molecule has 1 aromatic heterocycles. The smallest absolute Gasteiger partial charge is 0.107 e. The van der Waals surface area contributed by atoms with Gasteiger partial charge in [0.05, 0.1) is 26.4 Å². The lowest BCUT2D eigenvalue weighted by molar-refractivity contribution is -0.0563. The van der Waals surface area contributed by atoms with Crippen LogP contribution in [0.15, 0.2) is 11.6 Å². The standard InChI is InChI=1S/C17H27N3O2S/c1-2-5-19(4-1)10-15-9-17(22-12-15)13-20(6-7-21-14-17)11-16-18-3-8-23-16/h3,8,15H,1-2,4-7,9-14H2. The van der Waals surface area contributed by atoms with E-state index in [4.69, 9.17) is 9.47 Å². The van der Waals surface area contributed by atoms with Gasteiger partial charge in [-0.3, -0.25) is 4.90 Å². The van der Waals surface area contributed by atoms with Gasteiger partial charge in [-0.25, -0.2) is 4.98 Å². The Kier molecular flexibility index (Phi) is 4.96. The molecular weight excluding hydrogens is 310 g/mol. The van der Waals surface area contributed by atoms with Crippen molar-refractivity contribution in [1.29, 1.82) is 0 Å². The van der Waals surface area contributed by atoms with E-state index in [1.165, 1.54) is 37.5 Å². The Morgan fingerprint density at radius 1 is 1.26 bits per heavy atom. The van der Waals surface area contributed by atoms with Crippen molar-refractivity contribution in [3.8, 4) is 0 Å². The molecule has 4 heterocycles. The van der Waals surface area contributed by atoms with Gasteiger partial charge in [-0.1, -0.05) is 0 Å². The first-order valence-corrected chi connectivity index (χ1v) is 9.74. The highest BCUT2D eigenvalue weighted by Crippen LogP contribution is 2.34. The van der Waals surface area contributed by atoms with Crippen molar-refractivity contribution in [2.45, 2.75) is 31.4 Å². The van der Waals surface area contributed by atoms with Crippen molar-refractivity contribution in [1.82, 2.24) is 14.8 Å². The third-order valence-corrected chi connectivity index (χ3v) is 6.04. The van der Waals surface area contributed by atoms with Crippen molar-refractivity contribution < 1.29 is 9.47 Å². The van der Waals surface area contributed by atoms with Gasteiger partial charge in [0, 0.05) is 31.2 Å². The number of ether oxygens (including phenoxy) is 2. The van der Waals surface area contributed by atoms with Crippen LogP contribution in [-0.2, 0) is 16.0 Å². The number of hydrogen-bond donors (Lipinski definition) is 0. The summed E-state index contributed by atoms with van der Waals surface area (Å²) in [5.74, 6) is 0.663. The number of nitrogens with zero attached hydrogens (tertiary/aromatic N) is 3. The van der Waals surface area contributed by atoms with Gasteiger partial charge in [-0.15, -0.1) is 11.3 Å². The molecule has 1 spiro atoms. The Hall–Kier alpha value is -0.530. The van der Waals surface area contributed by atoms with Crippen LogP contribution in [0.25, 0.3) is 0 Å². The third kappa shape index (κ3) is 3.94. The van der Waals surface area contributed by atoms with Gasteiger partial charge in [-0.05, 0) is 38.3 Å². The molecule has 23 heavy (non-hydrogen) atoms. The van der Waals surface area contributed by atoms with Crippen LogP contribution in [0.4, 0.5) is 0 Å². The zero-order chi connectivity index (χ0) is 15.5. The zero-order valence-corrected chi connectivity index (χ0v) is 14.6. The Bertz CT molecular complexity index is 492. The van der Waals surface area contributed by atoms with Crippen molar-refractivity contribution in [2.24, 2.45) is 5.92 Å². The van der Waals surface area contributed by atoms with Crippen LogP contribution in [0.2, 0.25) is 0 Å². The molecule has 0 N–H and O–H groups in total. The van der Waals surface area contributed by atoms with Gasteiger partial charge in [-0.2, -0.15) is 0 Å². The third-order valence-electron chi connectivity index (χ3n) is 5.27. The largest absolute Gasteiger partial charge is 0.377 e. The van der Waals surface area contributed by atoms with E-state index in [0.717, 1.165) is 45.9 Å². The quantitative estimate of drug-likeness (QED) is 0.838. The second-order valence-electron chi connectivity index (χ2n) is 7.26. The summed E-state index contributed by atoms with van der Waals surface area (Å²) in [5.41, 5.74) is -0.0991. The molecule has 3 fully saturated rings. The first kappa shape index (κ1) is 16.0. The number of rotatable bonds is 4. The molecule has 0 radical (unpaired) electrons. The summed E-state index contributed by atoms with van der Waals surface area (Å²) in [5, 5.41) is 3.24. The second-order valence-corrected chi connectivity index (χ2v) is 8.24. The predicted octanol–water partition coefficient (Wildman–Crippen LogP) is 1.85. The summed E-state index contributed by atoms with van der Waals surface area (Å²) in [6, 6.07) is 0. The second kappa shape index (κ2) is 7.15. The van der Waals surface area contributed by atoms with Gasteiger partial charge in [0.2, 0.25) is 0 Å². The Morgan fingerprint density at radius 2 is 2.17 bits per heavy atom. The lowest BCUT2D eigenvalue weighted by Gasteiger charge is -2.31. The maximum atomic E-state index is 6.32. The van der Waals surface area contributed by atoms with E-state index < -0.39 is 0 Å². The van der Waals surface area contributed by atoms with Crippen LogP contribution in [0.5, 0.6) is 0 Å². The van der Waals surface area contributed by atoms with E-state index in [-0.39, 0.29) is 5.60 Å². The van der Waals surface area contributed by atoms with Gasteiger partial charge >= 0.3 is 0 Å². The predicted molar refractivity (Wildman–Crippen MR) is 90.7 cm³/mol. The van der Waals surface area contributed by atoms with Crippen molar-refractivity contribution >= 4 is 11.3 Å². The normalized spacial score (nSPS) is 33.5. The summed E-state index contributed by atoms with van der Waals surface area (Å²) in [4.78, 5) is 9.50. The average Bonchev–Trinajstić information content (AvgIpc) is 3.25. The van der Waals surface area contributed by atoms with E-state index in [0.29, 0.717) is 5.92 Å². The fourth-order valence-electron chi connectivity index (χ4n) is 4.24. The molecule has 128 valence electrons. The lowest BCUT2D eigenvalue weighted by Crippen LogP contribution is -2.44. The molecule has 3 saturated heterocycles. The molecule has 2 unspecified atom stereocenters. The van der Waals surface area contributed by atoms with E-state index in [1.807, 2.05) is 6.20 Å². The van der Waals surface area contributed by atoms with E-state index in [9.17, 15) is 0 Å². The highest BCUT2D eigenvalue weighted by molar-refractivity contribution is 7.09. The fraction of sp³-hybridized carbons (Fsp3) is 0.824. The number of likely N-dealkylation sites (tertiary alicyclic amines) is 1. The molecule has 5 nitrogen and oxygen atoms in total. The summed E-state index contributed by atoms with van der Waals surface area (Å²) < 4.78 is 12.2. The summed E-state index contributed by atoms with van der Waals surface area (Å²) in [6.07, 6.45) is 5.76. The van der Waals surface area contributed by atoms with Crippen LogP contribution < -0.4 is 0 Å². The van der Waals surface area contributed by atoms with Gasteiger partial charge < -0.3 is 14.4 Å². The van der Waals surface area contributed by atoms with E-state index in [1.54, 1.807) is 11.3 Å². The van der Waals surface area contributed by atoms with Crippen LogP contribution in [0.1, 0.15) is 24.3 Å². The molecular formula is C17H27N3O2S. The van der Waals surface area contributed by atoms with Gasteiger partial charge in [0.25, 0.3) is 0 Å². The Balaban J connectivity index is 1.36. The summed E-state index contributed by atoms with van der Waals surface area (Å²) in [7, 11) is 0. The monoisotopic (exact) mass is 337 g/mol. The summed E-state index contributed by atoms with van der Waals surface area (Å²) >= 11 is 1.74. The lowest BCUT2D eigenvalue weighted by atomic mass is 9.94. The van der Waals surface area contributed by atoms with Gasteiger partial charge in [0.15, 0.2) is 0 Å². The van der Waals surface area contributed by atoms with E-state index in [2.05, 4.69) is 20.2 Å². The maximum Gasteiger partial charge on any atom is 0.107 e. The topological polar surface area (TPSA) is 37.8 Å². The molecule has 0 aliphatic carbocycles. The molecule has 0 bridgehead atoms. The fourth-order valence-corrected chi connectivity index (χ4v) is 4.90. The van der Waals surface area contributed by atoms with Crippen LogP contribution in [-0.4, -0.2) is 72.9 Å². The molecule has 2 atom stereocenters. The molecule has 3 aliphatic heterocycles. The molecule has 3 aliphatic rings. The number of thiazole rings is 1. The van der Waals surface area contributed by atoms with Gasteiger partial charge in [0.1, 0.15) is 10.6 Å². The molecule has 4 rings (SSSR count). The van der Waals surface area contributed by atoms with E-state index >= 15 is 0 Å². The molecule has 0 aromatic carbocycles. The number of hydrogen-bond acceptors (Lipinski definition) is 6. The van der Waals surface area contributed by atoms with Crippen molar-refractivity contribution in [3.63, 3.8) is 0 Å². The minimum absolute atomic E-state index is 0.0991. The minimum atomic E-state index is -0.0991. The van der Waals surface area contributed by atoms with Crippen LogP contribution in [0, 0.1) is 5.92 Å². The Labute approximate surface area is 142 Å².